The molecule has 0 heterocycles. The molecule has 0 saturated heterocycles. The molecule has 0 aliphatic rings. The van der Waals surface area contributed by atoms with Crippen molar-refractivity contribution in [2.24, 2.45) is 0 Å². The van der Waals surface area contributed by atoms with Crippen LogP contribution in [0.3, 0.4) is 0 Å². The number of benzene rings is 1. The van der Waals surface area contributed by atoms with Gasteiger partial charge in [-0.3, -0.25) is 0 Å². The predicted octanol–water partition coefficient (Wildman–Crippen LogP) is 2.26. The minimum atomic E-state index is -2.44. The van der Waals surface area contributed by atoms with Crippen molar-refractivity contribution in [2.45, 2.75) is 19.4 Å². The van der Waals surface area contributed by atoms with E-state index in [2.05, 4.69) is 5.32 Å². The van der Waals surface area contributed by atoms with E-state index in [1.54, 1.807) is 21.3 Å². The second-order valence-electron chi connectivity index (χ2n) is 4.35. The van der Waals surface area contributed by atoms with Gasteiger partial charge in [0.15, 0.2) is 0 Å². The van der Waals surface area contributed by atoms with Gasteiger partial charge in [0.25, 0.3) is 0 Å². The van der Waals surface area contributed by atoms with Gasteiger partial charge in [0.1, 0.15) is 0 Å². The highest BCUT2D eigenvalue weighted by atomic mass is 28.4. The average molecular weight is 284 g/mol. The topological polar surface area (TPSA) is 65.7 Å². The van der Waals surface area contributed by atoms with Gasteiger partial charge >= 0.3 is 8.80 Å². The van der Waals surface area contributed by atoms with Crippen molar-refractivity contribution in [3.63, 3.8) is 0 Å². The molecule has 1 aromatic carbocycles. The first-order valence-electron chi connectivity index (χ1n) is 6.33. The Labute approximate surface area is 116 Å². The third-order valence-corrected chi connectivity index (χ3v) is 6.12. The SMILES string of the molecule is CO[Si](CCCNc1cccc(N)c1C)(OC)OC. The lowest BCUT2D eigenvalue weighted by atomic mass is 10.1. The number of rotatable bonds is 8. The minimum Gasteiger partial charge on any atom is -0.398 e. The number of hydrogen-bond donors (Lipinski definition) is 2. The standard InChI is InChI=1S/C13H24N2O3Si/c1-11-12(14)7-5-8-13(11)15-9-6-10-19(16-2,17-3)18-4/h5,7-8,15H,6,9-10,14H2,1-4H3. The molecule has 3 N–H and O–H groups in total. The highest BCUT2D eigenvalue weighted by Crippen LogP contribution is 2.21. The maximum absolute atomic E-state index is 5.87. The van der Waals surface area contributed by atoms with Crippen molar-refractivity contribution in [2.75, 3.05) is 38.9 Å². The second kappa shape index (κ2) is 7.49. The van der Waals surface area contributed by atoms with Gasteiger partial charge in [0.2, 0.25) is 0 Å². The Morgan fingerprint density at radius 2 is 1.79 bits per heavy atom. The van der Waals surface area contributed by atoms with E-state index < -0.39 is 8.80 Å². The molecule has 6 heteroatoms. The molecule has 0 bridgehead atoms. The first-order valence-corrected chi connectivity index (χ1v) is 8.26. The fourth-order valence-corrected chi connectivity index (χ4v) is 3.65. The Balaban J connectivity index is 2.44. The molecule has 0 aromatic heterocycles. The molecular formula is C13H24N2O3Si. The van der Waals surface area contributed by atoms with Crippen LogP contribution in [-0.2, 0) is 13.3 Å². The van der Waals surface area contributed by atoms with Gasteiger partial charge in [-0.25, -0.2) is 0 Å². The molecule has 1 rings (SSSR count). The molecule has 0 aliphatic carbocycles. The van der Waals surface area contributed by atoms with Crippen molar-refractivity contribution < 1.29 is 13.3 Å². The summed E-state index contributed by atoms with van der Waals surface area (Å²) in [5.74, 6) is 0. The lowest BCUT2D eigenvalue weighted by Gasteiger charge is -2.24. The smallest absolute Gasteiger partial charge is 0.398 e. The predicted molar refractivity (Wildman–Crippen MR) is 80.3 cm³/mol. The van der Waals surface area contributed by atoms with Gasteiger partial charge in [-0.2, -0.15) is 0 Å². The Bertz CT molecular complexity index is 389. The average Bonchev–Trinajstić information content (AvgIpc) is 2.44. The summed E-state index contributed by atoms with van der Waals surface area (Å²) in [4.78, 5) is 0. The summed E-state index contributed by atoms with van der Waals surface area (Å²) in [5.41, 5.74) is 8.82. The Kier molecular flexibility index (Phi) is 6.30. The molecule has 0 amide bonds. The maximum atomic E-state index is 5.87. The largest absolute Gasteiger partial charge is 0.500 e. The van der Waals surface area contributed by atoms with E-state index in [0.29, 0.717) is 0 Å². The van der Waals surface area contributed by atoms with E-state index >= 15 is 0 Å². The highest BCUT2D eigenvalue weighted by Gasteiger charge is 2.36. The van der Waals surface area contributed by atoms with Gasteiger partial charge < -0.3 is 24.3 Å². The van der Waals surface area contributed by atoms with Gasteiger partial charge in [0, 0.05) is 45.3 Å². The molecule has 0 saturated carbocycles. The molecule has 0 radical (unpaired) electrons. The van der Waals surface area contributed by atoms with Gasteiger partial charge in [-0.05, 0) is 31.0 Å². The molecule has 108 valence electrons. The van der Waals surface area contributed by atoms with E-state index in [-0.39, 0.29) is 0 Å². The van der Waals surface area contributed by atoms with E-state index in [1.165, 1.54) is 0 Å². The molecular weight excluding hydrogens is 260 g/mol. The zero-order valence-corrected chi connectivity index (χ0v) is 13.2. The maximum Gasteiger partial charge on any atom is 0.500 e. The van der Waals surface area contributed by atoms with Crippen LogP contribution in [0.1, 0.15) is 12.0 Å². The van der Waals surface area contributed by atoms with Crippen molar-refractivity contribution in [3.05, 3.63) is 23.8 Å². The summed E-state index contributed by atoms with van der Waals surface area (Å²) in [6.45, 7) is 2.84. The number of nitrogens with two attached hydrogens (primary N) is 1. The molecule has 0 fully saturated rings. The Morgan fingerprint density at radius 3 is 2.37 bits per heavy atom. The minimum absolute atomic E-state index is 0.783. The van der Waals surface area contributed by atoms with Crippen LogP contribution in [-0.4, -0.2) is 36.7 Å². The van der Waals surface area contributed by atoms with Gasteiger partial charge in [-0.1, -0.05) is 6.07 Å². The normalized spacial score (nSPS) is 11.6. The van der Waals surface area contributed by atoms with Crippen molar-refractivity contribution in [3.8, 4) is 0 Å². The van der Waals surface area contributed by atoms with E-state index in [9.17, 15) is 0 Å². The Morgan fingerprint density at radius 1 is 1.16 bits per heavy atom. The van der Waals surface area contributed by atoms with E-state index in [0.717, 1.165) is 35.9 Å². The summed E-state index contributed by atoms with van der Waals surface area (Å²) in [6, 6.07) is 6.66. The zero-order valence-electron chi connectivity index (χ0n) is 12.2. The lowest BCUT2D eigenvalue weighted by Crippen LogP contribution is -2.42. The number of anilines is 2. The van der Waals surface area contributed by atoms with Crippen LogP contribution >= 0.6 is 0 Å². The van der Waals surface area contributed by atoms with Crippen LogP contribution < -0.4 is 11.1 Å². The monoisotopic (exact) mass is 284 g/mol. The fourth-order valence-electron chi connectivity index (χ4n) is 1.93. The molecule has 0 spiro atoms. The van der Waals surface area contributed by atoms with Crippen molar-refractivity contribution in [1.29, 1.82) is 0 Å². The number of hydrogen-bond acceptors (Lipinski definition) is 5. The second-order valence-corrected chi connectivity index (χ2v) is 7.44. The summed E-state index contributed by atoms with van der Waals surface area (Å²) in [6.07, 6.45) is 0.913. The van der Waals surface area contributed by atoms with Crippen LogP contribution in [0.5, 0.6) is 0 Å². The molecule has 5 nitrogen and oxygen atoms in total. The Hall–Kier alpha value is -1.08. The van der Waals surface area contributed by atoms with Gasteiger partial charge in [-0.15, -0.1) is 0 Å². The summed E-state index contributed by atoms with van der Waals surface area (Å²) in [7, 11) is 2.46. The molecule has 0 unspecified atom stereocenters. The summed E-state index contributed by atoms with van der Waals surface area (Å²) < 4.78 is 16.1. The molecule has 1 aromatic rings. The highest BCUT2D eigenvalue weighted by molar-refractivity contribution is 6.60. The molecule has 0 aliphatic heterocycles. The number of nitrogens with one attached hydrogen (secondary N) is 1. The lowest BCUT2D eigenvalue weighted by molar-refractivity contribution is 0.123. The summed E-state index contributed by atoms with van der Waals surface area (Å²) >= 11 is 0. The van der Waals surface area contributed by atoms with Crippen molar-refractivity contribution in [1.82, 2.24) is 0 Å². The van der Waals surface area contributed by atoms with Crippen molar-refractivity contribution >= 4 is 20.2 Å². The van der Waals surface area contributed by atoms with Crippen LogP contribution in [0, 0.1) is 6.92 Å². The fraction of sp³-hybridized carbons (Fsp3) is 0.538. The van der Waals surface area contributed by atoms with E-state index in [1.807, 2.05) is 25.1 Å². The van der Waals surface area contributed by atoms with Crippen LogP contribution in [0.25, 0.3) is 0 Å². The third kappa shape index (κ3) is 4.21. The van der Waals surface area contributed by atoms with Crippen LogP contribution in [0.2, 0.25) is 6.04 Å². The van der Waals surface area contributed by atoms with Crippen LogP contribution in [0.4, 0.5) is 11.4 Å². The van der Waals surface area contributed by atoms with Crippen LogP contribution in [0.15, 0.2) is 18.2 Å². The van der Waals surface area contributed by atoms with Gasteiger partial charge in [0.05, 0.1) is 0 Å². The molecule has 19 heavy (non-hydrogen) atoms. The number of nitrogen functional groups attached to an aromatic ring is 1. The first kappa shape index (κ1) is 16.0. The summed E-state index contributed by atoms with van der Waals surface area (Å²) in [5, 5.41) is 3.37. The van der Waals surface area contributed by atoms with E-state index in [4.69, 9.17) is 19.0 Å². The quantitative estimate of drug-likeness (QED) is 0.435. The third-order valence-electron chi connectivity index (χ3n) is 3.28. The molecule has 0 atom stereocenters. The first-order chi connectivity index (χ1) is 9.08. The zero-order chi connectivity index (χ0) is 14.3.